The summed E-state index contributed by atoms with van der Waals surface area (Å²) < 4.78 is 30.0. The summed E-state index contributed by atoms with van der Waals surface area (Å²) in [5.74, 6) is 0.372. The highest BCUT2D eigenvalue weighted by Gasteiger charge is 2.14. The molecule has 0 aromatic heterocycles. The van der Waals surface area contributed by atoms with Gasteiger partial charge in [-0.3, -0.25) is 4.79 Å². The fraction of sp³-hybridized carbons (Fsp3) is 0.240. The predicted octanol–water partition coefficient (Wildman–Crippen LogP) is 4.99. The first-order valence-electron chi connectivity index (χ1n) is 9.82. The standard InChI is InChI=1S/C25H25FO5/c1-16-11-17(7-9-21(16)22-13-19(29-2)8-10-23(22)26)15-31-20-6-4-5-18(12-20)24(27)14-25(28)30-3/h4-13,24,27H,14-15H2,1-3H3/t24-/m1/s1. The molecule has 0 bridgehead atoms. The summed E-state index contributed by atoms with van der Waals surface area (Å²) in [5.41, 5.74) is 3.67. The number of carbonyl (C=O) groups excluding carboxylic acids is 1. The van der Waals surface area contributed by atoms with Gasteiger partial charge in [0.05, 0.1) is 26.7 Å². The number of aliphatic hydroxyl groups excluding tert-OH is 1. The molecule has 162 valence electrons. The smallest absolute Gasteiger partial charge is 0.308 e. The Labute approximate surface area is 181 Å². The van der Waals surface area contributed by atoms with Gasteiger partial charge in [0.1, 0.15) is 23.9 Å². The van der Waals surface area contributed by atoms with Crippen molar-refractivity contribution in [2.75, 3.05) is 14.2 Å². The highest BCUT2D eigenvalue weighted by molar-refractivity contribution is 5.70. The van der Waals surface area contributed by atoms with Crippen molar-refractivity contribution in [3.63, 3.8) is 0 Å². The van der Waals surface area contributed by atoms with Crippen LogP contribution in [0.1, 0.15) is 29.2 Å². The quantitative estimate of drug-likeness (QED) is 0.517. The molecule has 1 N–H and O–H groups in total. The summed E-state index contributed by atoms with van der Waals surface area (Å²) in [6, 6.07) is 17.3. The maximum Gasteiger partial charge on any atom is 0.308 e. The molecule has 0 unspecified atom stereocenters. The molecule has 0 aliphatic heterocycles. The number of benzene rings is 3. The average Bonchev–Trinajstić information content (AvgIpc) is 2.78. The zero-order valence-electron chi connectivity index (χ0n) is 17.7. The van der Waals surface area contributed by atoms with Crippen molar-refractivity contribution in [3.8, 4) is 22.6 Å². The normalized spacial score (nSPS) is 11.6. The second-order valence-corrected chi connectivity index (χ2v) is 7.15. The number of methoxy groups -OCH3 is 2. The van der Waals surface area contributed by atoms with Gasteiger partial charge in [-0.25, -0.2) is 4.39 Å². The van der Waals surface area contributed by atoms with Crippen molar-refractivity contribution in [2.45, 2.75) is 26.1 Å². The largest absolute Gasteiger partial charge is 0.497 e. The van der Waals surface area contributed by atoms with Crippen LogP contribution in [-0.2, 0) is 16.1 Å². The minimum absolute atomic E-state index is 0.124. The zero-order valence-corrected chi connectivity index (χ0v) is 17.7. The van der Waals surface area contributed by atoms with Crippen molar-refractivity contribution in [1.29, 1.82) is 0 Å². The molecular formula is C25H25FO5. The van der Waals surface area contributed by atoms with Gasteiger partial charge in [-0.05, 0) is 59.5 Å². The molecule has 0 amide bonds. The lowest BCUT2D eigenvalue weighted by atomic mass is 9.98. The van der Waals surface area contributed by atoms with Gasteiger partial charge in [-0.1, -0.05) is 30.3 Å². The summed E-state index contributed by atoms with van der Waals surface area (Å²) in [6.45, 7) is 2.22. The van der Waals surface area contributed by atoms with E-state index in [1.54, 1.807) is 43.5 Å². The van der Waals surface area contributed by atoms with Crippen molar-refractivity contribution < 1.29 is 28.5 Å². The summed E-state index contributed by atoms with van der Waals surface area (Å²) in [7, 11) is 2.83. The molecule has 0 fully saturated rings. The summed E-state index contributed by atoms with van der Waals surface area (Å²) >= 11 is 0. The number of aryl methyl sites for hydroxylation is 1. The van der Waals surface area contributed by atoms with Crippen molar-refractivity contribution in [2.24, 2.45) is 0 Å². The molecule has 31 heavy (non-hydrogen) atoms. The Hall–Kier alpha value is -3.38. The van der Waals surface area contributed by atoms with E-state index >= 15 is 0 Å². The Morgan fingerprint density at radius 2 is 1.81 bits per heavy atom. The fourth-order valence-corrected chi connectivity index (χ4v) is 3.29. The molecular weight excluding hydrogens is 399 g/mol. The van der Waals surface area contributed by atoms with Crippen LogP contribution in [0.3, 0.4) is 0 Å². The molecule has 0 radical (unpaired) electrons. The first kappa shape index (κ1) is 22.3. The Morgan fingerprint density at radius 3 is 2.52 bits per heavy atom. The van der Waals surface area contributed by atoms with E-state index in [0.717, 1.165) is 16.7 Å². The van der Waals surface area contributed by atoms with Crippen LogP contribution in [0, 0.1) is 12.7 Å². The molecule has 3 rings (SSSR count). The Morgan fingerprint density at radius 1 is 1.00 bits per heavy atom. The molecule has 0 spiro atoms. The molecule has 0 aliphatic carbocycles. The molecule has 0 saturated heterocycles. The Balaban J connectivity index is 1.72. The van der Waals surface area contributed by atoms with Gasteiger partial charge >= 0.3 is 5.97 Å². The number of ether oxygens (including phenoxy) is 3. The van der Waals surface area contributed by atoms with Gasteiger partial charge in [0.15, 0.2) is 0 Å². The molecule has 6 heteroatoms. The number of carbonyl (C=O) groups is 1. The minimum Gasteiger partial charge on any atom is -0.497 e. The van der Waals surface area contributed by atoms with E-state index in [9.17, 15) is 14.3 Å². The van der Waals surface area contributed by atoms with E-state index in [1.807, 2.05) is 25.1 Å². The van der Waals surface area contributed by atoms with Gasteiger partial charge < -0.3 is 19.3 Å². The van der Waals surface area contributed by atoms with Crippen LogP contribution in [0.5, 0.6) is 11.5 Å². The molecule has 1 atom stereocenters. The van der Waals surface area contributed by atoms with E-state index in [-0.39, 0.29) is 12.2 Å². The molecule has 0 heterocycles. The highest BCUT2D eigenvalue weighted by Crippen LogP contribution is 2.30. The van der Waals surface area contributed by atoms with Crippen molar-refractivity contribution >= 4 is 5.97 Å². The van der Waals surface area contributed by atoms with Crippen molar-refractivity contribution in [1.82, 2.24) is 0 Å². The maximum atomic E-state index is 14.3. The number of halogens is 1. The molecule has 0 saturated carbocycles. The lowest BCUT2D eigenvalue weighted by Gasteiger charge is -2.13. The van der Waals surface area contributed by atoms with Crippen LogP contribution in [0.25, 0.3) is 11.1 Å². The van der Waals surface area contributed by atoms with Gasteiger partial charge in [0.2, 0.25) is 0 Å². The fourth-order valence-electron chi connectivity index (χ4n) is 3.29. The van der Waals surface area contributed by atoms with Crippen LogP contribution in [-0.4, -0.2) is 25.3 Å². The second kappa shape index (κ2) is 10.1. The van der Waals surface area contributed by atoms with Crippen molar-refractivity contribution in [3.05, 3.63) is 83.2 Å². The molecule has 3 aromatic rings. The van der Waals surface area contributed by atoms with Gasteiger partial charge in [-0.15, -0.1) is 0 Å². The zero-order chi connectivity index (χ0) is 22.4. The number of hydrogen-bond donors (Lipinski definition) is 1. The van der Waals surface area contributed by atoms with Crippen LogP contribution >= 0.6 is 0 Å². The van der Waals surface area contributed by atoms with Crippen LogP contribution in [0.4, 0.5) is 4.39 Å². The molecule has 5 nitrogen and oxygen atoms in total. The minimum atomic E-state index is -0.963. The topological polar surface area (TPSA) is 65.0 Å². The van der Waals surface area contributed by atoms with E-state index in [4.69, 9.17) is 9.47 Å². The van der Waals surface area contributed by atoms with Crippen LogP contribution < -0.4 is 9.47 Å². The van der Waals surface area contributed by atoms with Gasteiger partial charge in [-0.2, -0.15) is 0 Å². The number of hydrogen-bond acceptors (Lipinski definition) is 5. The lowest BCUT2D eigenvalue weighted by Crippen LogP contribution is -2.08. The van der Waals surface area contributed by atoms with Gasteiger partial charge in [0.25, 0.3) is 0 Å². The molecule has 3 aromatic carbocycles. The second-order valence-electron chi connectivity index (χ2n) is 7.15. The van der Waals surface area contributed by atoms with Gasteiger partial charge in [0, 0.05) is 5.56 Å². The first-order valence-corrected chi connectivity index (χ1v) is 9.82. The Kier molecular flexibility index (Phi) is 7.26. The number of rotatable bonds is 8. The van der Waals surface area contributed by atoms with Crippen LogP contribution in [0.15, 0.2) is 60.7 Å². The van der Waals surface area contributed by atoms with E-state index in [2.05, 4.69) is 4.74 Å². The third kappa shape index (κ3) is 5.61. The SMILES string of the molecule is COC(=O)C[C@@H](O)c1cccc(OCc2ccc(-c3cc(OC)ccc3F)c(C)c2)c1. The third-order valence-electron chi connectivity index (χ3n) is 4.99. The maximum absolute atomic E-state index is 14.3. The highest BCUT2D eigenvalue weighted by atomic mass is 19.1. The average molecular weight is 424 g/mol. The number of aliphatic hydroxyl groups is 1. The molecule has 0 aliphatic rings. The lowest BCUT2D eigenvalue weighted by molar-refractivity contribution is -0.142. The summed E-state index contributed by atoms with van der Waals surface area (Å²) in [6.07, 6.45) is -1.09. The van der Waals surface area contributed by atoms with E-state index in [1.165, 1.54) is 13.2 Å². The summed E-state index contributed by atoms with van der Waals surface area (Å²) in [5, 5.41) is 10.2. The van der Waals surface area contributed by atoms with E-state index in [0.29, 0.717) is 29.2 Å². The first-order chi connectivity index (χ1) is 14.9. The van der Waals surface area contributed by atoms with Crippen LogP contribution in [0.2, 0.25) is 0 Å². The monoisotopic (exact) mass is 424 g/mol. The number of esters is 1. The summed E-state index contributed by atoms with van der Waals surface area (Å²) in [4.78, 5) is 11.4. The predicted molar refractivity (Wildman–Crippen MR) is 115 cm³/mol. The van der Waals surface area contributed by atoms with E-state index < -0.39 is 12.1 Å². The third-order valence-corrected chi connectivity index (χ3v) is 4.99. The Bertz CT molecular complexity index is 1060.